The quantitative estimate of drug-likeness (QED) is 0.547. The Hall–Kier alpha value is -2.67. The van der Waals surface area contributed by atoms with Gasteiger partial charge in [0.1, 0.15) is 5.82 Å². The summed E-state index contributed by atoms with van der Waals surface area (Å²) in [5, 5.41) is 2.79. The van der Waals surface area contributed by atoms with Crippen LogP contribution in [0, 0.1) is 0 Å². The third kappa shape index (κ3) is 3.42. The number of aromatic nitrogens is 2. The van der Waals surface area contributed by atoms with Crippen molar-refractivity contribution in [3.05, 3.63) is 47.8 Å². The fraction of sp³-hybridized carbons (Fsp3) is 0.154. The second-order valence-electron chi connectivity index (χ2n) is 3.97. The van der Waals surface area contributed by atoms with Gasteiger partial charge < -0.3 is 15.5 Å². The van der Waals surface area contributed by atoms with E-state index in [1.54, 1.807) is 31.5 Å². The zero-order valence-corrected chi connectivity index (χ0v) is 11.0. The number of nitrogen functional groups attached to an aromatic ring is 1. The number of hydrogen-bond donors (Lipinski definition) is 3. The molecule has 0 fully saturated rings. The second kappa shape index (κ2) is 6.48. The minimum Gasteiger partial charge on any atom is -0.481 e. The lowest BCUT2D eigenvalue weighted by atomic mass is 10.2. The molecule has 0 atom stereocenters. The summed E-state index contributed by atoms with van der Waals surface area (Å²) in [6.45, 7) is 0.384. The molecule has 7 heteroatoms. The average Bonchev–Trinajstić information content (AvgIpc) is 2.53. The summed E-state index contributed by atoms with van der Waals surface area (Å²) >= 11 is 0. The zero-order valence-electron chi connectivity index (χ0n) is 11.0. The van der Waals surface area contributed by atoms with Gasteiger partial charge in [-0.3, -0.25) is 4.79 Å². The highest BCUT2D eigenvalue weighted by Crippen LogP contribution is 2.09. The van der Waals surface area contributed by atoms with E-state index in [1.165, 1.54) is 6.20 Å². The maximum Gasteiger partial charge on any atom is 0.253 e. The van der Waals surface area contributed by atoms with E-state index in [0.717, 1.165) is 5.56 Å². The van der Waals surface area contributed by atoms with E-state index in [1.807, 2.05) is 6.07 Å². The van der Waals surface area contributed by atoms with Gasteiger partial charge in [-0.1, -0.05) is 0 Å². The number of hydrogen-bond acceptors (Lipinski definition) is 6. The molecule has 0 saturated heterocycles. The highest BCUT2D eigenvalue weighted by Gasteiger charge is 2.06. The third-order valence-corrected chi connectivity index (χ3v) is 2.64. The van der Waals surface area contributed by atoms with Gasteiger partial charge in [-0.15, -0.1) is 0 Å². The van der Waals surface area contributed by atoms with Crippen LogP contribution in [0.1, 0.15) is 15.9 Å². The topological polar surface area (TPSA) is 102 Å². The van der Waals surface area contributed by atoms with Crippen LogP contribution < -0.4 is 21.3 Å². The summed E-state index contributed by atoms with van der Waals surface area (Å²) in [6, 6.07) is 6.84. The molecule has 0 aromatic carbocycles. The number of ether oxygens (including phenoxy) is 1. The maximum absolute atomic E-state index is 11.9. The van der Waals surface area contributed by atoms with Crippen LogP contribution in [0.25, 0.3) is 0 Å². The van der Waals surface area contributed by atoms with Gasteiger partial charge in [0.15, 0.2) is 0 Å². The van der Waals surface area contributed by atoms with Crippen LogP contribution in [0.3, 0.4) is 0 Å². The van der Waals surface area contributed by atoms with Gasteiger partial charge >= 0.3 is 0 Å². The predicted octanol–water partition coefficient (Wildman–Crippen LogP) is 0.701. The molecule has 7 nitrogen and oxygen atoms in total. The average molecular weight is 273 g/mol. The van der Waals surface area contributed by atoms with Crippen LogP contribution in [0.4, 0.5) is 5.82 Å². The molecule has 2 aromatic heterocycles. The Labute approximate surface area is 116 Å². The fourth-order valence-corrected chi connectivity index (χ4v) is 1.57. The number of nitrogens with one attached hydrogen (secondary N) is 2. The highest BCUT2D eigenvalue weighted by atomic mass is 16.5. The number of nitrogens with zero attached hydrogens (tertiary/aromatic N) is 2. The smallest absolute Gasteiger partial charge is 0.253 e. The third-order valence-electron chi connectivity index (χ3n) is 2.64. The van der Waals surface area contributed by atoms with E-state index in [9.17, 15) is 4.79 Å². The molecule has 0 aliphatic heterocycles. The Kier molecular flexibility index (Phi) is 4.46. The first-order valence-corrected chi connectivity index (χ1v) is 5.92. The number of anilines is 1. The van der Waals surface area contributed by atoms with E-state index in [0.29, 0.717) is 23.8 Å². The van der Waals surface area contributed by atoms with Crippen molar-refractivity contribution < 1.29 is 9.53 Å². The number of carbonyl (C=O) groups excluding carboxylic acids is 1. The monoisotopic (exact) mass is 273 g/mol. The lowest BCUT2D eigenvalue weighted by Crippen LogP contribution is -2.23. The molecule has 2 aromatic rings. The lowest BCUT2D eigenvalue weighted by Gasteiger charge is -2.07. The lowest BCUT2D eigenvalue weighted by molar-refractivity contribution is 0.0950. The first kappa shape index (κ1) is 13.8. The second-order valence-corrected chi connectivity index (χ2v) is 3.97. The number of rotatable bonds is 5. The van der Waals surface area contributed by atoms with Crippen molar-refractivity contribution in [3.63, 3.8) is 0 Å². The number of hydrazine groups is 1. The molecule has 1 amide bonds. The standard InChI is InChI=1S/C13H15N5O2/c1-20-12-6-9(4-5-15-12)7-17-13(19)10-2-3-11(18-14)16-8-10/h2-6,8H,7,14H2,1H3,(H,16,18)(H,17,19). The molecule has 104 valence electrons. The summed E-state index contributed by atoms with van der Waals surface area (Å²) < 4.78 is 5.02. The van der Waals surface area contributed by atoms with Crippen molar-refractivity contribution >= 4 is 11.7 Å². The van der Waals surface area contributed by atoms with Crippen molar-refractivity contribution in [1.82, 2.24) is 15.3 Å². The van der Waals surface area contributed by atoms with Gasteiger partial charge in [-0.2, -0.15) is 0 Å². The minimum absolute atomic E-state index is 0.211. The molecule has 4 N–H and O–H groups in total. The normalized spacial score (nSPS) is 9.90. The SMILES string of the molecule is COc1cc(CNC(=O)c2ccc(NN)nc2)ccn1. The van der Waals surface area contributed by atoms with Gasteiger partial charge in [-0.05, 0) is 23.8 Å². The molecular weight excluding hydrogens is 258 g/mol. The van der Waals surface area contributed by atoms with E-state index in [4.69, 9.17) is 10.6 Å². The van der Waals surface area contributed by atoms with Crippen molar-refractivity contribution in [1.29, 1.82) is 0 Å². The molecule has 0 bridgehead atoms. The summed E-state index contributed by atoms with van der Waals surface area (Å²) in [5.74, 6) is 6.01. The molecule has 0 spiro atoms. The molecule has 20 heavy (non-hydrogen) atoms. The minimum atomic E-state index is -0.211. The number of nitrogens with two attached hydrogens (primary N) is 1. The van der Waals surface area contributed by atoms with E-state index in [2.05, 4.69) is 20.7 Å². The summed E-state index contributed by atoms with van der Waals surface area (Å²) in [7, 11) is 1.55. The van der Waals surface area contributed by atoms with Crippen LogP contribution in [-0.4, -0.2) is 23.0 Å². The van der Waals surface area contributed by atoms with Gasteiger partial charge in [0.2, 0.25) is 5.88 Å². The predicted molar refractivity (Wildman–Crippen MR) is 74.0 cm³/mol. The molecule has 0 unspecified atom stereocenters. The highest BCUT2D eigenvalue weighted by molar-refractivity contribution is 5.93. The van der Waals surface area contributed by atoms with Crippen LogP contribution in [-0.2, 0) is 6.54 Å². The number of amides is 1. The molecule has 0 saturated carbocycles. The molecule has 0 aliphatic rings. The largest absolute Gasteiger partial charge is 0.481 e. The van der Waals surface area contributed by atoms with Crippen LogP contribution >= 0.6 is 0 Å². The van der Waals surface area contributed by atoms with Crippen molar-refractivity contribution in [2.45, 2.75) is 6.54 Å². The summed E-state index contributed by atoms with van der Waals surface area (Å²) in [4.78, 5) is 19.9. The molecule has 0 aliphatic carbocycles. The summed E-state index contributed by atoms with van der Waals surface area (Å²) in [5.41, 5.74) is 3.76. The van der Waals surface area contributed by atoms with Gasteiger partial charge in [0, 0.05) is 25.0 Å². The zero-order chi connectivity index (χ0) is 14.4. The molecule has 2 heterocycles. The fourth-order valence-electron chi connectivity index (χ4n) is 1.57. The molecule has 2 rings (SSSR count). The molecular formula is C13H15N5O2. The number of carbonyl (C=O) groups is 1. The Morgan fingerprint density at radius 2 is 2.20 bits per heavy atom. The number of methoxy groups -OCH3 is 1. The van der Waals surface area contributed by atoms with E-state index in [-0.39, 0.29) is 5.91 Å². The Bertz CT molecular complexity index is 586. The van der Waals surface area contributed by atoms with Gasteiger partial charge in [0.25, 0.3) is 5.91 Å². The van der Waals surface area contributed by atoms with Crippen molar-refractivity contribution in [3.8, 4) is 5.88 Å². The van der Waals surface area contributed by atoms with Crippen LogP contribution in [0.5, 0.6) is 5.88 Å². The van der Waals surface area contributed by atoms with Crippen molar-refractivity contribution in [2.75, 3.05) is 12.5 Å². The first-order valence-electron chi connectivity index (χ1n) is 5.92. The summed E-state index contributed by atoms with van der Waals surface area (Å²) in [6.07, 6.45) is 3.08. The van der Waals surface area contributed by atoms with Crippen LogP contribution in [0.2, 0.25) is 0 Å². The van der Waals surface area contributed by atoms with E-state index >= 15 is 0 Å². The van der Waals surface area contributed by atoms with Gasteiger partial charge in [0.05, 0.1) is 12.7 Å². The Balaban J connectivity index is 1.97. The van der Waals surface area contributed by atoms with Gasteiger partial charge in [-0.25, -0.2) is 15.8 Å². The molecule has 0 radical (unpaired) electrons. The first-order chi connectivity index (χ1) is 9.72. The Morgan fingerprint density at radius 3 is 2.85 bits per heavy atom. The maximum atomic E-state index is 11.9. The number of pyridine rings is 2. The van der Waals surface area contributed by atoms with E-state index < -0.39 is 0 Å². The van der Waals surface area contributed by atoms with Crippen LogP contribution in [0.15, 0.2) is 36.7 Å². The Morgan fingerprint density at radius 1 is 1.35 bits per heavy atom. The van der Waals surface area contributed by atoms with Crippen molar-refractivity contribution in [2.24, 2.45) is 5.84 Å².